The van der Waals surface area contributed by atoms with Gasteiger partial charge >= 0.3 is 0 Å². The normalized spacial score (nSPS) is 13.5. The molecule has 0 saturated heterocycles. The third-order valence-electron chi connectivity index (χ3n) is 1.61. The number of aliphatic hydroxyl groups excluding tert-OH is 1. The monoisotopic (exact) mass is 197 g/mol. The Kier molecular flexibility index (Phi) is 3.93. The Bertz CT molecular complexity index is 281. The Balaban J connectivity index is 2.64. The van der Waals surface area contributed by atoms with Crippen molar-refractivity contribution in [1.82, 2.24) is 0 Å². The SMILES string of the molecule is CC(CO)N=Cc1ccc(Cl)cc1. The predicted molar refractivity (Wildman–Crippen MR) is 55.6 cm³/mol. The van der Waals surface area contributed by atoms with Crippen molar-refractivity contribution in [2.75, 3.05) is 6.61 Å². The summed E-state index contributed by atoms with van der Waals surface area (Å²) in [7, 11) is 0. The zero-order valence-corrected chi connectivity index (χ0v) is 8.20. The molecule has 1 atom stereocenters. The molecule has 1 aromatic rings. The van der Waals surface area contributed by atoms with Gasteiger partial charge in [0.1, 0.15) is 0 Å². The fourth-order valence-corrected chi connectivity index (χ4v) is 0.935. The number of rotatable bonds is 3. The van der Waals surface area contributed by atoms with Gasteiger partial charge in [-0.15, -0.1) is 0 Å². The molecule has 1 rings (SSSR count). The van der Waals surface area contributed by atoms with E-state index in [9.17, 15) is 0 Å². The Morgan fingerprint density at radius 3 is 2.62 bits per heavy atom. The largest absolute Gasteiger partial charge is 0.394 e. The summed E-state index contributed by atoms with van der Waals surface area (Å²) in [4.78, 5) is 4.12. The molecule has 0 aliphatic heterocycles. The summed E-state index contributed by atoms with van der Waals surface area (Å²) in [6.07, 6.45) is 1.73. The van der Waals surface area contributed by atoms with Crippen LogP contribution in [0.4, 0.5) is 0 Å². The minimum atomic E-state index is -0.0457. The number of hydrogen-bond donors (Lipinski definition) is 1. The zero-order chi connectivity index (χ0) is 9.68. The maximum atomic E-state index is 8.72. The summed E-state index contributed by atoms with van der Waals surface area (Å²) in [5.41, 5.74) is 0.990. The maximum Gasteiger partial charge on any atom is 0.0702 e. The average molecular weight is 198 g/mol. The maximum absolute atomic E-state index is 8.72. The lowest BCUT2D eigenvalue weighted by molar-refractivity contribution is 0.275. The lowest BCUT2D eigenvalue weighted by Crippen LogP contribution is -2.03. The van der Waals surface area contributed by atoms with Crippen molar-refractivity contribution in [3.8, 4) is 0 Å². The van der Waals surface area contributed by atoms with Crippen LogP contribution < -0.4 is 0 Å². The van der Waals surface area contributed by atoms with Gasteiger partial charge < -0.3 is 5.11 Å². The van der Waals surface area contributed by atoms with Crippen LogP contribution in [0.15, 0.2) is 29.3 Å². The quantitative estimate of drug-likeness (QED) is 0.740. The predicted octanol–water partition coefficient (Wildman–Crippen LogP) is 2.14. The smallest absolute Gasteiger partial charge is 0.0702 e. The molecule has 0 aliphatic rings. The molecule has 1 unspecified atom stereocenters. The summed E-state index contributed by atoms with van der Waals surface area (Å²) < 4.78 is 0. The van der Waals surface area contributed by atoms with Crippen LogP contribution in [0.25, 0.3) is 0 Å². The first kappa shape index (κ1) is 10.2. The number of hydrogen-bond acceptors (Lipinski definition) is 2. The molecule has 0 aliphatic carbocycles. The minimum Gasteiger partial charge on any atom is -0.394 e. The second-order valence-electron chi connectivity index (χ2n) is 2.86. The van der Waals surface area contributed by atoms with E-state index >= 15 is 0 Å². The van der Waals surface area contributed by atoms with E-state index < -0.39 is 0 Å². The summed E-state index contributed by atoms with van der Waals surface area (Å²) >= 11 is 5.72. The van der Waals surface area contributed by atoms with Crippen molar-refractivity contribution >= 4 is 17.8 Å². The minimum absolute atomic E-state index is 0.0457. The molecule has 70 valence electrons. The lowest BCUT2D eigenvalue weighted by Gasteiger charge is -1.99. The Morgan fingerprint density at radius 2 is 2.08 bits per heavy atom. The third kappa shape index (κ3) is 3.57. The molecule has 0 spiro atoms. The first-order valence-electron chi connectivity index (χ1n) is 4.12. The van der Waals surface area contributed by atoms with Gasteiger partial charge in [0.05, 0.1) is 12.6 Å². The van der Waals surface area contributed by atoms with Gasteiger partial charge in [0.15, 0.2) is 0 Å². The molecular weight excluding hydrogens is 186 g/mol. The fourth-order valence-electron chi connectivity index (χ4n) is 0.809. The topological polar surface area (TPSA) is 32.6 Å². The third-order valence-corrected chi connectivity index (χ3v) is 1.86. The van der Waals surface area contributed by atoms with Crippen LogP contribution in [0.2, 0.25) is 5.02 Å². The van der Waals surface area contributed by atoms with Crippen molar-refractivity contribution in [2.24, 2.45) is 4.99 Å². The van der Waals surface area contributed by atoms with E-state index in [1.165, 1.54) is 0 Å². The number of halogens is 1. The van der Waals surface area contributed by atoms with Gasteiger partial charge in [-0.25, -0.2) is 0 Å². The number of nitrogens with zero attached hydrogens (tertiary/aromatic N) is 1. The summed E-state index contributed by atoms with van der Waals surface area (Å²) in [6, 6.07) is 7.35. The average Bonchev–Trinajstić information content (AvgIpc) is 2.16. The highest BCUT2D eigenvalue weighted by Gasteiger charge is 1.93. The van der Waals surface area contributed by atoms with Gasteiger partial charge in [-0.1, -0.05) is 23.7 Å². The van der Waals surface area contributed by atoms with E-state index in [2.05, 4.69) is 4.99 Å². The van der Waals surface area contributed by atoms with Crippen LogP contribution in [0.3, 0.4) is 0 Å². The molecule has 13 heavy (non-hydrogen) atoms. The van der Waals surface area contributed by atoms with Crippen LogP contribution in [0, 0.1) is 0 Å². The molecular formula is C10H12ClNO. The molecule has 0 saturated carbocycles. The molecule has 3 heteroatoms. The highest BCUT2D eigenvalue weighted by molar-refractivity contribution is 6.30. The van der Waals surface area contributed by atoms with Crippen LogP contribution in [-0.2, 0) is 0 Å². The Labute approximate surface area is 82.9 Å². The van der Waals surface area contributed by atoms with Gasteiger partial charge in [0, 0.05) is 11.2 Å². The number of aliphatic hydroxyl groups is 1. The highest BCUT2D eigenvalue weighted by atomic mass is 35.5. The summed E-state index contributed by atoms with van der Waals surface area (Å²) in [5.74, 6) is 0. The van der Waals surface area contributed by atoms with Crippen molar-refractivity contribution in [3.05, 3.63) is 34.9 Å². The molecule has 0 aromatic heterocycles. The van der Waals surface area contributed by atoms with Crippen LogP contribution >= 0.6 is 11.6 Å². The molecule has 2 nitrogen and oxygen atoms in total. The first-order chi connectivity index (χ1) is 6.22. The molecule has 0 bridgehead atoms. The second kappa shape index (κ2) is 5.00. The van der Waals surface area contributed by atoms with Gasteiger partial charge in [-0.3, -0.25) is 4.99 Å². The van der Waals surface area contributed by atoms with Gasteiger partial charge in [-0.2, -0.15) is 0 Å². The molecule has 0 fully saturated rings. The fraction of sp³-hybridized carbons (Fsp3) is 0.300. The molecule has 0 heterocycles. The summed E-state index contributed by atoms with van der Waals surface area (Å²) in [5, 5.41) is 9.44. The van der Waals surface area contributed by atoms with E-state index in [0.29, 0.717) is 5.02 Å². The van der Waals surface area contributed by atoms with E-state index in [0.717, 1.165) is 5.56 Å². The van der Waals surface area contributed by atoms with Crippen molar-refractivity contribution in [2.45, 2.75) is 13.0 Å². The van der Waals surface area contributed by atoms with E-state index in [1.807, 2.05) is 31.2 Å². The van der Waals surface area contributed by atoms with E-state index in [1.54, 1.807) is 6.21 Å². The first-order valence-corrected chi connectivity index (χ1v) is 4.50. The second-order valence-corrected chi connectivity index (χ2v) is 3.30. The highest BCUT2D eigenvalue weighted by Crippen LogP contribution is 2.07. The van der Waals surface area contributed by atoms with Crippen LogP contribution in [-0.4, -0.2) is 24.0 Å². The molecule has 0 amide bonds. The van der Waals surface area contributed by atoms with Crippen molar-refractivity contribution in [1.29, 1.82) is 0 Å². The van der Waals surface area contributed by atoms with Gasteiger partial charge in [-0.05, 0) is 24.6 Å². The molecule has 1 aromatic carbocycles. The van der Waals surface area contributed by atoms with E-state index in [-0.39, 0.29) is 12.6 Å². The van der Waals surface area contributed by atoms with Gasteiger partial charge in [0.2, 0.25) is 0 Å². The van der Waals surface area contributed by atoms with Crippen molar-refractivity contribution in [3.63, 3.8) is 0 Å². The van der Waals surface area contributed by atoms with E-state index in [4.69, 9.17) is 16.7 Å². The Hall–Kier alpha value is -0.860. The number of benzene rings is 1. The Morgan fingerprint density at radius 1 is 1.46 bits per heavy atom. The lowest BCUT2D eigenvalue weighted by atomic mass is 10.2. The van der Waals surface area contributed by atoms with Gasteiger partial charge in [0.25, 0.3) is 0 Å². The number of aliphatic imine (C=N–C) groups is 1. The molecule has 0 radical (unpaired) electrons. The molecule has 1 N–H and O–H groups in total. The van der Waals surface area contributed by atoms with Crippen LogP contribution in [0.5, 0.6) is 0 Å². The van der Waals surface area contributed by atoms with Crippen molar-refractivity contribution < 1.29 is 5.11 Å². The summed E-state index contributed by atoms with van der Waals surface area (Å²) in [6.45, 7) is 1.93. The zero-order valence-electron chi connectivity index (χ0n) is 7.44. The van der Waals surface area contributed by atoms with Crippen LogP contribution in [0.1, 0.15) is 12.5 Å². The standard InChI is InChI=1S/C10H12ClNO/c1-8(7-13)12-6-9-2-4-10(11)5-3-9/h2-6,8,13H,7H2,1H3.